The second-order valence-electron chi connectivity index (χ2n) is 6.12. The van der Waals surface area contributed by atoms with Crippen LogP contribution in [0.3, 0.4) is 0 Å². The Morgan fingerprint density at radius 3 is 2.48 bits per heavy atom. The predicted octanol–water partition coefficient (Wildman–Crippen LogP) is 5.41. The van der Waals surface area contributed by atoms with Crippen molar-refractivity contribution in [2.45, 2.75) is 0 Å². The summed E-state index contributed by atoms with van der Waals surface area (Å²) in [5, 5.41) is 3.16. The molecular weight excluding hydrogens is 340 g/mol. The van der Waals surface area contributed by atoms with Crippen molar-refractivity contribution in [3.8, 4) is 11.3 Å². The van der Waals surface area contributed by atoms with E-state index in [1.165, 1.54) is 20.5 Å². The molecule has 0 amide bonds. The number of carbonyl (C=O) groups is 1. The number of carbonyl (C=O) groups excluding carboxylic acids is 1. The standard InChI is InChI=1S/C23H18O4/c1-25-14-20(23(24)26-2)19-12-6-9-16-13-21(27-22(16)19)18-11-5-8-15-7-3-4-10-17(15)18/h3-14H,1-2H3/b20-14+. The minimum Gasteiger partial charge on any atom is -0.503 e. The average molecular weight is 358 g/mol. The summed E-state index contributed by atoms with van der Waals surface area (Å²) >= 11 is 0. The summed E-state index contributed by atoms with van der Waals surface area (Å²) in [5.74, 6) is 0.267. The van der Waals surface area contributed by atoms with Gasteiger partial charge in [-0.2, -0.15) is 0 Å². The molecule has 0 saturated heterocycles. The van der Waals surface area contributed by atoms with Gasteiger partial charge in [-0.15, -0.1) is 0 Å². The van der Waals surface area contributed by atoms with E-state index in [9.17, 15) is 4.79 Å². The van der Waals surface area contributed by atoms with Gasteiger partial charge < -0.3 is 13.9 Å². The summed E-state index contributed by atoms with van der Waals surface area (Å²) in [7, 11) is 2.84. The van der Waals surface area contributed by atoms with Crippen molar-refractivity contribution in [2.75, 3.05) is 14.2 Å². The van der Waals surface area contributed by atoms with Crippen molar-refractivity contribution in [1.82, 2.24) is 0 Å². The number of para-hydroxylation sites is 1. The first-order chi connectivity index (χ1) is 13.2. The molecule has 0 unspecified atom stereocenters. The van der Waals surface area contributed by atoms with Gasteiger partial charge in [-0.1, -0.05) is 60.7 Å². The molecule has 27 heavy (non-hydrogen) atoms. The Bertz CT molecular complexity index is 1160. The Morgan fingerprint density at radius 1 is 0.926 bits per heavy atom. The topological polar surface area (TPSA) is 48.7 Å². The van der Waals surface area contributed by atoms with Gasteiger partial charge in [-0.25, -0.2) is 4.79 Å². The maximum absolute atomic E-state index is 12.2. The Kier molecular flexibility index (Phi) is 4.38. The van der Waals surface area contributed by atoms with Crippen LogP contribution in [0.15, 0.2) is 77.4 Å². The first kappa shape index (κ1) is 16.9. The molecule has 0 saturated carbocycles. The van der Waals surface area contributed by atoms with Gasteiger partial charge in [-0.3, -0.25) is 0 Å². The van der Waals surface area contributed by atoms with E-state index in [1.54, 1.807) is 0 Å². The lowest BCUT2D eigenvalue weighted by Gasteiger charge is -2.06. The third-order valence-electron chi connectivity index (χ3n) is 4.53. The maximum atomic E-state index is 12.2. The van der Waals surface area contributed by atoms with Crippen LogP contribution in [0.1, 0.15) is 5.56 Å². The lowest BCUT2D eigenvalue weighted by molar-refractivity contribution is -0.133. The number of fused-ring (bicyclic) bond motifs is 2. The first-order valence-electron chi connectivity index (χ1n) is 8.55. The van der Waals surface area contributed by atoms with Gasteiger partial charge in [-0.05, 0) is 16.8 Å². The molecule has 0 aliphatic rings. The van der Waals surface area contributed by atoms with Crippen LogP contribution < -0.4 is 0 Å². The second kappa shape index (κ2) is 7.00. The number of hydrogen-bond acceptors (Lipinski definition) is 4. The third kappa shape index (κ3) is 2.95. The highest BCUT2D eigenvalue weighted by Gasteiger charge is 2.19. The van der Waals surface area contributed by atoms with Crippen molar-refractivity contribution in [1.29, 1.82) is 0 Å². The van der Waals surface area contributed by atoms with Crippen LogP contribution in [-0.4, -0.2) is 20.2 Å². The minimum absolute atomic E-state index is 0.310. The largest absolute Gasteiger partial charge is 0.503 e. The molecule has 4 aromatic rings. The SMILES string of the molecule is CO/C=C(/C(=O)OC)c1cccc2cc(-c3cccc4ccccc34)oc12. The molecule has 0 aliphatic carbocycles. The fraction of sp³-hybridized carbons (Fsp3) is 0.0870. The van der Waals surface area contributed by atoms with Crippen molar-refractivity contribution < 1.29 is 18.7 Å². The molecule has 0 bridgehead atoms. The Hall–Kier alpha value is -3.53. The normalized spacial score (nSPS) is 11.7. The van der Waals surface area contributed by atoms with Gasteiger partial charge in [0.15, 0.2) is 0 Å². The lowest BCUT2D eigenvalue weighted by atomic mass is 10.0. The minimum atomic E-state index is -0.479. The van der Waals surface area contributed by atoms with Gasteiger partial charge in [0.2, 0.25) is 0 Å². The number of hydrogen-bond donors (Lipinski definition) is 0. The van der Waals surface area contributed by atoms with Gasteiger partial charge in [0.25, 0.3) is 0 Å². The van der Waals surface area contributed by atoms with Gasteiger partial charge >= 0.3 is 5.97 Å². The molecular formula is C23H18O4. The Labute approximate surface area is 156 Å². The van der Waals surface area contributed by atoms with E-state index in [2.05, 4.69) is 18.2 Å². The maximum Gasteiger partial charge on any atom is 0.341 e. The Morgan fingerprint density at radius 2 is 1.67 bits per heavy atom. The zero-order valence-electron chi connectivity index (χ0n) is 15.1. The van der Waals surface area contributed by atoms with Crippen LogP contribution in [-0.2, 0) is 14.3 Å². The molecule has 0 N–H and O–H groups in total. The molecule has 4 nitrogen and oxygen atoms in total. The van der Waals surface area contributed by atoms with E-state index in [1.807, 2.05) is 48.5 Å². The molecule has 0 radical (unpaired) electrons. The number of esters is 1. The van der Waals surface area contributed by atoms with Crippen molar-refractivity contribution in [3.63, 3.8) is 0 Å². The predicted molar refractivity (Wildman–Crippen MR) is 106 cm³/mol. The Balaban J connectivity index is 1.93. The summed E-state index contributed by atoms with van der Waals surface area (Å²) in [4.78, 5) is 12.2. The van der Waals surface area contributed by atoms with Crippen LogP contribution in [0, 0.1) is 0 Å². The van der Waals surface area contributed by atoms with Crippen molar-refractivity contribution in [2.24, 2.45) is 0 Å². The molecule has 3 aromatic carbocycles. The van der Waals surface area contributed by atoms with Crippen LogP contribution in [0.2, 0.25) is 0 Å². The summed E-state index contributed by atoms with van der Waals surface area (Å²) < 4.78 is 16.2. The lowest BCUT2D eigenvalue weighted by Crippen LogP contribution is -2.04. The zero-order valence-corrected chi connectivity index (χ0v) is 15.1. The van der Waals surface area contributed by atoms with E-state index in [0.717, 1.165) is 27.5 Å². The monoisotopic (exact) mass is 358 g/mol. The molecule has 0 fully saturated rings. The first-order valence-corrected chi connectivity index (χ1v) is 8.55. The number of ether oxygens (including phenoxy) is 2. The number of methoxy groups -OCH3 is 2. The smallest absolute Gasteiger partial charge is 0.341 e. The molecule has 0 spiro atoms. The summed E-state index contributed by atoms with van der Waals surface area (Å²) in [6.07, 6.45) is 1.38. The second-order valence-corrected chi connectivity index (χ2v) is 6.12. The van der Waals surface area contributed by atoms with Gasteiger partial charge in [0, 0.05) is 16.5 Å². The fourth-order valence-corrected chi connectivity index (χ4v) is 3.30. The van der Waals surface area contributed by atoms with Crippen LogP contribution in [0.25, 0.3) is 38.6 Å². The molecule has 0 aliphatic heterocycles. The average Bonchev–Trinajstić information content (AvgIpc) is 3.15. The quantitative estimate of drug-likeness (QED) is 0.278. The van der Waals surface area contributed by atoms with Crippen LogP contribution in [0.4, 0.5) is 0 Å². The summed E-state index contributed by atoms with van der Waals surface area (Å²) in [5.41, 5.74) is 2.57. The van der Waals surface area contributed by atoms with Crippen molar-refractivity contribution >= 4 is 33.3 Å². The van der Waals surface area contributed by atoms with Gasteiger partial charge in [0.05, 0.1) is 20.5 Å². The van der Waals surface area contributed by atoms with E-state index in [4.69, 9.17) is 13.9 Å². The molecule has 4 heteroatoms. The molecule has 4 rings (SSSR count). The van der Waals surface area contributed by atoms with E-state index in [-0.39, 0.29) is 0 Å². The number of furan rings is 1. The third-order valence-corrected chi connectivity index (χ3v) is 4.53. The molecule has 0 atom stereocenters. The number of benzene rings is 3. The number of rotatable bonds is 4. The van der Waals surface area contributed by atoms with E-state index in [0.29, 0.717) is 16.7 Å². The molecule has 1 aromatic heterocycles. The highest BCUT2D eigenvalue weighted by Crippen LogP contribution is 2.36. The van der Waals surface area contributed by atoms with Crippen molar-refractivity contribution in [3.05, 3.63) is 78.6 Å². The van der Waals surface area contributed by atoms with E-state index < -0.39 is 5.97 Å². The van der Waals surface area contributed by atoms with Crippen LogP contribution >= 0.6 is 0 Å². The molecule has 134 valence electrons. The highest BCUT2D eigenvalue weighted by atomic mass is 16.5. The van der Waals surface area contributed by atoms with Crippen LogP contribution in [0.5, 0.6) is 0 Å². The van der Waals surface area contributed by atoms with E-state index >= 15 is 0 Å². The highest BCUT2D eigenvalue weighted by molar-refractivity contribution is 6.19. The van der Waals surface area contributed by atoms with Gasteiger partial charge in [0.1, 0.15) is 16.9 Å². The molecule has 1 heterocycles. The zero-order chi connectivity index (χ0) is 18.8. The summed E-state index contributed by atoms with van der Waals surface area (Å²) in [6.45, 7) is 0. The summed E-state index contributed by atoms with van der Waals surface area (Å²) in [6, 6.07) is 21.9. The fourth-order valence-electron chi connectivity index (χ4n) is 3.30.